The summed E-state index contributed by atoms with van der Waals surface area (Å²) in [7, 11) is 1.65. The van der Waals surface area contributed by atoms with Crippen LogP contribution in [-0.2, 0) is 11.3 Å². The van der Waals surface area contributed by atoms with Gasteiger partial charge in [-0.15, -0.1) is 0 Å². The number of halogens is 3. The molecule has 0 aliphatic carbocycles. The van der Waals surface area contributed by atoms with Gasteiger partial charge in [-0.1, -0.05) is 0 Å². The number of benzene rings is 1. The molecule has 0 radical (unpaired) electrons. The van der Waals surface area contributed by atoms with E-state index in [0.717, 1.165) is 37.0 Å². The van der Waals surface area contributed by atoms with Gasteiger partial charge in [0.25, 0.3) is 0 Å². The average Bonchev–Trinajstić information content (AvgIpc) is 2.46. The lowest BCUT2D eigenvalue weighted by molar-refractivity contribution is 0.181. The summed E-state index contributed by atoms with van der Waals surface area (Å²) < 4.78 is 8.01. The molecule has 0 saturated carbocycles. The van der Waals surface area contributed by atoms with Crippen molar-refractivity contribution in [2.24, 2.45) is 0 Å². The van der Waals surface area contributed by atoms with E-state index in [0.29, 0.717) is 12.4 Å². The molecule has 0 aliphatic rings. The molecule has 0 atom stereocenters. The number of aromatic nitrogens is 2. The van der Waals surface area contributed by atoms with Gasteiger partial charge >= 0.3 is 0 Å². The Bertz CT molecular complexity index is 622. The molecule has 2 rings (SSSR count). The van der Waals surface area contributed by atoms with Crippen LogP contribution in [0.5, 0.6) is 0 Å². The number of nitrogens with one attached hydrogen (secondary N) is 1. The van der Waals surface area contributed by atoms with Crippen molar-refractivity contribution >= 4 is 53.6 Å². The molecule has 0 amide bonds. The van der Waals surface area contributed by atoms with Crippen LogP contribution < -0.4 is 5.32 Å². The Morgan fingerprint density at radius 3 is 2.52 bits per heavy atom. The highest BCUT2D eigenvalue weighted by atomic mass is 79.9. The van der Waals surface area contributed by atoms with E-state index in [1.807, 2.05) is 25.1 Å². The van der Waals surface area contributed by atoms with Crippen LogP contribution in [-0.4, -0.2) is 23.6 Å². The molecular formula is C14H14Br3N3O. The van der Waals surface area contributed by atoms with Crippen LogP contribution in [0.2, 0.25) is 0 Å². The highest BCUT2D eigenvalue weighted by Crippen LogP contribution is 2.31. The van der Waals surface area contributed by atoms with Crippen molar-refractivity contribution in [1.82, 2.24) is 9.97 Å². The minimum Gasteiger partial charge on any atom is -0.378 e. The number of nitrogens with zero attached hydrogens (tertiary/aromatic N) is 2. The molecule has 1 heterocycles. The summed E-state index contributed by atoms with van der Waals surface area (Å²) in [6.07, 6.45) is 0. The SMILES string of the molecule is CCNc1nc(-c2ccc(Br)c(Br)c2)nc(COC)c1Br. The number of rotatable bonds is 5. The molecule has 1 N–H and O–H groups in total. The fourth-order valence-electron chi connectivity index (χ4n) is 1.77. The molecule has 4 nitrogen and oxygen atoms in total. The summed E-state index contributed by atoms with van der Waals surface area (Å²) in [4.78, 5) is 9.17. The van der Waals surface area contributed by atoms with Crippen LogP contribution in [0, 0.1) is 0 Å². The van der Waals surface area contributed by atoms with E-state index in [1.165, 1.54) is 0 Å². The average molecular weight is 480 g/mol. The Hall–Kier alpha value is -0.500. The number of hydrogen-bond donors (Lipinski definition) is 1. The van der Waals surface area contributed by atoms with Crippen LogP contribution in [0.1, 0.15) is 12.6 Å². The maximum absolute atomic E-state index is 5.21. The van der Waals surface area contributed by atoms with Crippen molar-refractivity contribution in [2.75, 3.05) is 19.0 Å². The molecule has 112 valence electrons. The monoisotopic (exact) mass is 477 g/mol. The molecule has 7 heteroatoms. The Kier molecular flexibility index (Phi) is 6.16. The Labute approximate surface area is 149 Å². The zero-order valence-corrected chi connectivity index (χ0v) is 16.3. The maximum atomic E-state index is 5.21. The lowest BCUT2D eigenvalue weighted by Crippen LogP contribution is -2.06. The third-order valence-electron chi connectivity index (χ3n) is 2.72. The fourth-order valence-corrected chi connectivity index (χ4v) is 2.83. The van der Waals surface area contributed by atoms with Crippen molar-refractivity contribution in [3.8, 4) is 11.4 Å². The number of anilines is 1. The quantitative estimate of drug-likeness (QED) is 0.655. The van der Waals surface area contributed by atoms with Crippen LogP contribution in [0.3, 0.4) is 0 Å². The van der Waals surface area contributed by atoms with E-state index in [9.17, 15) is 0 Å². The minimum absolute atomic E-state index is 0.423. The third-order valence-corrected chi connectivity index (χ3v) is 5.44. The number of ether oxygens (including phenoxy) is 1. The normalized spacial score (nSPS) is 10.7. The van der Waals surface area contributed by atoms with Crippen LogP contribution in [0.4, 0.5) is 5.82 Å². The van der Waals surface area contributed by atoms with E-state index >= 15 is 0 Å². The Balaban J connectivity index is 2.53. The van der Waals surface area contributed by atoms with Gasteiger partial charge in [0, 0.05) is 28.2 Å². The first-order chi connectivity index (χ1) is 10.1. The summed E-state index contributed by atoms with van der Waals surface area (Å²) in [5, 5.41) is 3.24. The first-order valence-electron chi connectivity index (χ1n) is 6.31. The van der Waals surface area contributed by atoms with Crippen molar-refractivity contribution in [3.63, 3.8) is 0 Å². The van der Waals surface area contributed by atoms with Crippen molar-refractivity contribution in [3.05, 3.63) is 37.3 Å². The fraction of sp³-hybridized carbons (Fsp3) is 0.286. The van der Waals surface area contributed by atoms with E-state index < -0.39 is 0 Å². The van der Waals surface area contributed by atoms with E-state index in [2.05, 4.69) is 63.1 Å². The first kappa shape index (κ1) is 16.9. The summed E-state index contributed by atoms with van der Waals surface area (Å²) in [5.41, 5.74) is 1.76. The Morgan fingerprint density at radius 2 is 1.90 bits per heavy atom. The topological polar surface area (TPSA) is 47.0 Å². The number of hydrogen-bond acceptors (Lipinski definition) is 4. The summed E-state index contributed by atoms with van der Waals surface area (Å²) in [6.45, 7) is 3.23. The van der Waals surface area contributed by atoms with Crippen LogP contribution in [0.15, 0.2) is 31.6 Å². The number of methoxy groups -OCH3 is 1. The summed E-state index contributed by atoms with van der Waals surface area (Å²) >= 11 is 10.5. The van der Waals surface area contributed by atoms with E-state index in [-0.39, 0.29) is 0 Å². The van der Waals surface area contributed by atoms with Gasteiger partial charge in [0.1, 0.15) is 5.82 Å². The van der Waals surface area contributed by atoms with Gasteiger partial charge in [0.2, 0.25) is 0 Å². The minimum atomic E-state index is 0.423. The molecule has 0 saturated heterocycles. The zero-order chi connectivity index (χ0) is 15.4. The molecule has 0 aliphatic heterocycles. The predicted octanol–water partition coefficient (Wildman–Crippen LogP) is 5.01. The van der Waals surface area contributed by atoms with Gasteiger partial charge in [-0.05, 0) is 72.9 Å². The highest BCUT2D eigenvalue weighted by Gasteiger charge is 2.13. The third kappa shape index (κ3) is 4.03. The van der Waals surface area contributed by atoms with Crippen LogP contribution >= 0.6 is 47.8 Å². The van der Waals surface area contributed by atoms with Gasteiger partial charge in [0.15, 0.2) is 5.82 Å². The molecule has 21 heavy (non-hydrogen) atoms. The van der Waals surface area contributed by atoms with Gasteiger partial charge < -0.3 is 10.1 Å². The standard InChI is InChI=1S/C14H14Br3N3O/c1-3-18-14-12(17)11(7-21-2)19-13(20-14)8-4-5-9(15)10(16)6-8/h4-6H,3,7H2,1-2H3,(H,18,19,20). The van der Waals surface area contributed by atoms with Crippen molar-refractivity contribution < 1.29 is 4.74 Å². The second-order valence-electron chi connectivity index (χ2n) is 4.25. The first-order valence-corrected chi connectivity index (χ1v) is 8.69. The summed E-state index contributed by atoms with van der Waals surface area (Å²) in [5.74, 6) is 1.43. The predicted molar refractivity (Wildman–Crippen MR) is 95.4 cm³/mol. The molecule has 0 unspecified atom stereocenters. The summed E-state index contributed by atoms with van der Waals surface area (Å²) in [6, 6.07) is 5.93. The Morgan fingerprint density at radius 1 is 1.14 bits per heavy atom. The molecule has 0 spiro atoms. The molecule has 0 fully saturated rings. The van der Waals surface area contributed by atoms with E-state index in [4.69, 9.17) is 4.74 Å². The molecule has 2 aromatic rings. The molecule has 1 aromatic carbocycles. The van der Waals surface area contributed by atoms with Crippen molar-refractivity contribution in [1.29, 1.82) is 0 Å². The molecular weight excluding hydrogens is 466 g/mol. The van der Waals surface area contributed by atoms with E-state index in [1.54, 1.807) is 7.11 Å². The van der Waals surface area contributed by atoms with Gasteiger partial charge in [0.05, 0.1) is 16.8 Å². The smallest absolute Gasteiger partial charge is 0.161 e. The lowest BCUT2D eigenvalue weighted by atomic mass is 10.2. The largest absolute Gasteiger partial charge is 0.378 e. The second kappa shape index (κ2) is 7.67. The maximum Gasteiger partial charge on any atom is 0.161 e. The zero-order valence-electron chi connectivity index (χ0n) is 11.6. The van der Waals surface area contributed by atoms with Crippen LogP contribution in [0.25, 0.3) is 11.4 Å². The second-order valence-corrected chi connectivity index (χ2v) is 6.75. The van der Waals surface area contributed by atoms with Gasteiger partial charge in [-0.3, -0.25) is 0 Å². The van der Waals surface area contributed by atoms with Crippen molar-refractivity contribution in [2.45, 2.75) is 13.5 Å². The molecule has 1 aromatic heterocycles. The van der Waals surface area contributed by atoms with Gasteiger partial charge in [-0.25, -0.2) is 9.97 Å². The van der Waals surface area contributed by atoms with Gasteiger partial charge in [-0.2, -0.15) is 0 Å². The highest BCUT2D eigenvalue weighted by molar-refractivity contribution is 9.13. The molecule has 0 bridgehead atoms. The lowest BCUT2D eigenvalue weighted by Gasteiger charge is -2.12.